The minimum Gasteiger partial charge on any atom is -0.339 e. The topological polar surface area (TPSA) is 105 Å². The predicted molar refractivity (Wildman–Crippen MR) is 119 cm³/mol. The minimum absolute atomic E-state index is 0.110. The first-order valence-electron chi connectivity index (χ1n) is 9.85. The Hall–Kier alpha value is -2.27. The molecule has 0 aliphatic carbocycles. The summed E-state index contributed by atoms with van der Waals surface area (Å²) in [5, 5.41) is 9.07. The van der Waals surface area contributed by atoms with Crippen LogP contribution in [0.4, 0.5) is 5.69 Å². The molecule has 0 unspecified atom stereocenters. The molecule has 1 fully saturated rings. The second kappa shape index (κ2) is 9.07. The molecule has 0 saturated carbocycles. The smallest absolute Gasteiger partial charge is 0.252 e. The van der Waals surface area contributed by atoms with Crippen LogP contribution in [0.3, 0.4) is 0 Å². The van der Waals surface area contributed by atoms with Gasteiger partial charge in [0.15, 0.2) is 0 Å². The lowest BCUT2D eigenvalue weighted by Crippen LogP contribution is -2.41. The molecule has 3 aromatic rings. The number of piperidine rings is 1. The van der Waals surface area contributed by atoms with Gasteiger partial charge in [-0.25, -0.2) is 8.42 Å². The van der Waals surface area contributed by atoms with Crippen molar-refractivity contribution < 1.29 is 17.7 Å². The van der Waals surface area contributed by atoms with Gasteiger partial charge < -0.3 is 9.84 Å². The Kier molecular flexibility index (Phi) is 6.42. The van der Waals surface area contributed by atoms with E-state index in [9.17, 15) is 13.2 Å². The molecule has 2 aromatic heterocycles. The predicted octanol–water partition coefficient (Wildman–Crippen LogP) is 4.05. The maximum Gasteiger partial charge on any atom is 0.252 e. The Morgan fingerprint density at radius 3 is 2.65 bits per heavy atom. The number of halogens is 1. The number of amides is 1. The summed E-state index contributed by atoms with van der Waals surface area (Å²) in [6.45, 7) is 2.48. The zero-order valence-electron chi connectivity index (χ0n) is 16.7. The number of benzene rings is 1. The van der Waals surface area contributed by atoms with Crippen molar-refractivity contribution in [1.29, 1.82) is 0 Å². The van der Waals surface area contributed by atoms with Crippen molar-refractivity contribution in [2.75, 3.05) is 18.4 Å². The van der Waals surface area contributed by atoms with E-state index < -0.39 is 10.0 Å². The molecule has 1 N–H and O–H groups in total. The van der Waals surface area contributed by atoms with Gasteiger partial charge >= 0.3 is 0 Å². The van der Waals surface area contributed by atoms with Gasteiger partial charge in [-0.1, -0.05) is 23.7 Å². The van der Waals surface area contributed by atoms with Crippen molar-refractivity contribution in [3.8, 4) is 11.4 Å². The molecule has 0 bridgehead atoms. The van der Waals surface area contributed by atoms with Gasteiger partial charge in [-0.3, -0.25) is 4.79 Å². The quantitative estimate of drug-likeness (QED) is 0.570. The van der Waals surface area contributed by atoms with Crippen LogP contribution in [0.15, 0.2) is 44.4 Å². The van der Waals surface area contributed by atoms with Crippen LogP contribution >= 0.6 is 22.9 Å². The SMILES string of the molecule is CCc1nc(-c2csc(S(=O)(=O)N3CCC(C(=O)Nc4ccc(Cl)cc4)CC3)c2)no1. The van der Waals surface area contributed by atoms with Crippen LogP contribution in [-0.2, 0) is 21.2 Å². The second-order valence-electron chi connectivity index (χ2n) is 7.19. The third-order valence-corrected chi connectivity index (χ3v) is 8.70. The highest BCUT2D eigenvalue weighted by atomic mass is 35.5. The molecule has 0 atom stereocenters. The summed E-state index contributed by atoms with van der Waals surface area (Å²) in [4.78, 5) is 16.8. The molecule has 1 aromatic carbocycles. The van der Waals surface area contributed by atoms with Gasteiger partial charge in [0.1, 0.15) is 4.21 Å². The molecule has 0 spiro atoms. The van der Waals surface area contributed by atoms with Gasteiger partial charge in [0.25, 0.3) is 10.0 Å². The van der Waals surface area contributed by atoms with Gasteiger partial charge in [-0.05, 0) is 43.2 Å². The van der Waals surface area contributed by atoms with Crippen LogP contribution in [0.2, 0.25) is 5.02 Å². The fourth-order valence-electron chi connectivity index (χ4n) is 3.35. The van der Waals surface area contributed by atoms with Crippen LogP contribution in [0.25, 0.3) is 11.4 Å². The van der Waals surface area contributed by atoms with E-state index in [1.165, 1.54) is 4.31 Å². The molecule has 3 heterocycles. The molecule has 8 nitrogen and oxygen atoms in total. The molecule has 0 radical (unpaired) electrons. The number of aryl methyl sites for hydroxylation is 1. The van der Waals surface area contributed by atoms with E-state index in [0.717, 1.165) is 11.3 Å². The molecule has 1 aliphatic heterocycles. The molecule has 31 heavy (non-hydrogen) atoms. The zero-order chi connectivity index (χ0) is 22.0. The van der Waals surface area contributed by atoms with Crippen LogP contribution in [0.5, 0.6) is 0 Å². The first kappa shape index (κ1) is 21.9. The van der Waals surface area contributed by atoms with Gasteiger partial charge in [-0.2, -0.15) is 9.29 Å². The van der Waals surface area contributed by atoms with E-state index in [-0.39, 0.29) is 29.1 Å². The zero-order valence-corrected chi connectivity index (χ0v) is 19.1. The van der Waals surface area contributed by atoms with Crippen molar-refractivity contribution >= 4 is 44.6 Å². The van der Waals surface area contributed by atoms with Crippen LogP contribution in [0, 0.1) is 5.92 Å². The Bertz CT molecular complexity index is 1170. The van der Waals surface area contributed by atoms with Crippen molar-refractivity contribution in [2.45, 2.75) is 30.4 Å². The van der Waals surface area contributed by atoms with Crippen molar-refractivity contribution in [2.24, 2.45) is 5.92 Å². The largest absolute Gasteiger partial charge is 0.339 e. The second-order valence-corrected chi connectivity index (χ2v) is 10.7. The number of thiophene rings is 1. The first-order chi connectivity index (χ1) is 14.9. The molecule has 164 valence electrons. The third-order valence-electron chi connectivity index (χ3n) is 5.13. The lowest BCUT2D eigenvalue weighted by molar-refractivity contribution is -0.120. The Morgan fingerprint density at radius 1 is 1.29 bits per heavy atom. The first-order valence-corrected chi connectivity index (χ1v) is 12.5. The highest BCUT2D eigenvalue weighted by Gasteiger charge is 2.33. The number of nitrogens with zero attached hydrogens (tertiary/aromatic N) is 3. The number of anilines is 1. The average Bonchev–Trinajstić information content (AvgIpc) is 3.45. The number of hydrogen-bond acceptors (Lipinski definition) is 7. The number of carbonyl (C=O) groups excluding carboxylic acids is 1. The molecular formula is C20H21ClN4O4S2. The minimum atomic E-state index is -3.64. The lowest BCUT2D eigenvalue weighted by atomic mass is 9.97. The van der Waals surface area contributed by atoms with E-state index in [4.69, 9.17) is 16.1 Å². The van der Waals surface area contributed by atoms with Crippen molar-refractivity contribution in [3.63, 3.8) is 0 Å². The van der Waals surface area contributed by atoms with E-state index in [1.807, 2.05) is 6.92 Å². The number of sulfonamides is 1. The summed E-state index contributed by atoms with van der Waals surface area (Å²) < 4.78 is 32.9. The maximum atomic E-state index is 13.1. The Labute approximate surface area is 189 Å². The van der Waals surface area contributed by atoms with E-state index >= 15 is 0 Å². The molecular weight excluding hydrogens is 460 g/mol. The third kappa shape index (κ3) is 4.82. The summed E-state index contributed by atoms with van der Waals surface area (Å²) in [5.74, 6) is 0.533. The number of aromatic nitrogens is 2. The van der Waals surface area contributed by atoms with E-state index in [1.54, 1.807) is 35.7 Å². The summed E-state index contributed by atoms with van der Waals surface area (Å²) in [5.41, 5.74) is 1.28. The van der Waals surface area contributed by atoms with Gasteiger partial charge in [-0.15, -0.1) is 11.3 Å². The van der Waals surface area contributed by atoms with Crippen LogP contribution < -0.4 is 5.32 Å². The monoisotopic (exact) mass is 480 g/mol. The number of hydrogen-bond donors (Lipinski definition) is 1. The summed E-state index contributed by atoms with van der Waals surface area (Å²) >= 11 is 6.99. The van der Waals surface area contributed by atoms with E-state index in [2.05, 4.69) is 15.5 Å². The van der Waals surface area contributed by atoms with Gasteiger partial charge in [0, 0.05) is 47.1 Å². The standard InChI is InChI=1S/C20H21ClN4O4S2/c1-2-17-23-19(24-29-17)14-11-18(30-12-14)31(27,28)25-9-7-13(8-10-25)20(26)22-16-5-3-15(21)4-6-16/h3-6,11-13H,2,7-10H2,1H3,(H,22,26). The fraction of sp³-hybridized carbons (Fsp3) is 0.350. The Morgan fingerprint density at radius 2 is 2.00 bits per heavy atom. The average molecular weight is 481 g/mol. The normalized spacial score (nSPS) is 15.8. The van der Waals surface area contributed by atoms with Crippen molar-refractivity contribution in [1.82, 2.24) is 14.4 Å². The summed E-state index contributed by atoms with van der Waals surface area (Å²) in [7, 11) is -3.64. The van der Waals surface area contributed by atoms with Crippen LogP contribution in [0.1, 0.15) is 25.7 Å². The van der Waals surface area contributed by atoms with Gasteiger partial charge in [0.2, 0.25) is 17.6 Å². The van der Waals surface area contributed by atoms with E-state index in [0.29, 0.717) is 47.3 Å². The summed E-state index contributed by atoms with van der Waals surface area (Å²) in [6.07, 6.45) is 1.53. The number of nitrogens with one attached hydrogen (secondary N) is 1. The molecule has 4 rings (SSSR count). The lowest BCUT2D eigenvalue weighted by Gasteiger charge is -2.30. The van der Waals surface area contributed by atoms with Crippen LogP contribution in [-0.4, -0.2) is 41.9 Å². The maximum absolute atomic E-state index is 13.1. The fourth-order valence-corrected chi connectivity index (χ4v) is 6.25. The number of rotatable bonds is 6. The molecule has 1 aliphatic rings. The Balaban J connectivity index is 1.38. The molecule has 1 amide bonds. The highest BCUT2D eigenvalue weighted by molar-refractivity contribution is 7.91. The summed E-state index contributed by atoms with van der Waals surface area (Å²) in [6, 6.07) is 8.46. The van der Waals surface area contributed by atoms with Crippen molar-refractivity contribution in [3.05, 3.63) is 46.6 Å². The highest BCUT2D eigenvalue weighted by Crippen LogP contribution is 2.31. The molecule has 11 heteroatoms. The van der Waals surface area contributed by atoms with Gasteiger partial charge in [0.05, 0.1) is 0 Å². The number of carbonyl (C=O) groups is 1. The molecule has 1 saturated heterocycles.